The number of aliphatic hydroxyl groups is 1. The van der Waals surface area contributed by atoms with Gasteiger partial charge in [0.25, 0.3) is 6.43 Å². The maximum absolute atomic E-state index is 13.1. The SMILES string of the molecule is Cc1cc(Nc2cc(C(F)F)ccn2)nc(-c2ccc([C@](C)(O)[C@H]3CC[C@H](C(=O)OCc4nccn4C)CC3)nc2)c1. The van der Waals surface area contributed by atoms with Gasteiger partial charge < -0.3 is 19.7 Å². The third kappa shape index (κ3) is 6.62. The summed E-state index contributed by atoms with van der Waals surface area (Å²) in [6.07, 6.45) is 6.51. The molecule has 42 heavy (non-hydrogen) atoms. The molecule has 0 unspecified atom stereocenters. The van der Waals surface area contributed by atoms with E-state index < -0.39 is 12.0 Å². The number of halogens is 2. The van der Waals surface area contributed by atoms with Crippen LogP contribution in [0.1, 0.15) is 61.7 Å². The molecule has 0 aliphatic heterocycles. The Morgan fingerprint density at radius 3 is 2.55 bits per heavy atom. The van der Waals surface area contributed by atoms with Crippen LogP contribution in [-0.4, -0.2) is 35.6 Å². The molecule has 1 aliphatic carbocycles. The van der Waals surface area contributed by atoms with E-state index in [9.17, 15) is 18.7 Å². The number of carbonyl (C=O) groups excluding carboxylic acids is 1. The fraction of sp³-hybridized carbons (Fsp3) is 0.387. The molecular formula is C31H34F2N6O3. The summed E-state index contributed by atoms with van der Waals surface area (Å²) in [7, 11) is 1.86. The van der Waals surface area contributed by atoms with Crippen LogP contribution in [0.5, 0.6) is 0 Å². The number of rotatable bonds is 9. The highest BCUT2D eigenvalue weighted by atomic mass is 19.3. The molecule has 1 atom stereocenters. The van der Waals surface area contributed by atoms with Crippen molar-refractivity contribution in [2.45, 2.75) is 58.2 Å². The zero-order valence-electron chi connectivity index (χ0n) is 23.8. The molecule has 0 amide bonds. The monoisotopic (exact) mass is 576 g/mol. The fourth-order valence-electron chi connectivity index (χ4n) is 5.40. The van der Waals surface area contributed by atoms with Crippen molar-refractivity contribution in [1.29, 1.82) is 0 Å². The number of ether oxygens (including phenoxy) is 1. The van der Waals surface area contributed by atoms with Gasteiger partial charge in [-0.25, -0.2) is 23.7 Å². The van der Waals surface area contributed by atoms with E-state index in [2.05, 4.69) is 25.3 Å². The number of nitrogens with zero attached hydrogens (tertiary/aromatic N) is 5. The first-order valence-corrected chi connectivity index (χ1v) is 13.9. The average Bonchev–Trinajstić information content (AvgIpc) is 3.40. The van der Waals surface area contributed by atoms with Gasteiger partial charge in [0.05, 0.1) is 17.3 Å². The summed E-state index contributed by atoms with van der Waals surface area (Å²) in [5.74, 6) is 0.956. The molecule has 0 aromatic carbocycles. The molecule has 11 heteroatoms. The number of aryl methyl sites for hydroxylation is 2. The third-order valence-corrected chi connectivity index (χ3v) is 7.96. The Bertz CT molecular complexity index is 1530. The van der Waals surface area contributed by atoms with Crippen molar-refractivity contribution in [3.8, 4) is 11.3 Å². The normalized spacial score (nSPS) is 18.5. The van der Waals surface area contributed by atoms with Crippen molar-refractivity contribution >= 4 is 17.6 Å². The second kappa shape index (κ2) is 12.3. The minimum Gasteiger partial charge on any atom is -0.457 e. The maximum atomic E-state index is 13.1. The van der Waals surface area contributed by atoms with Crippen LogP contribution in [0.3, 0.4) is 0 Å². The van der Waals surface area contributed by atoms with E-state index in [1.54, 1.807) is 31.5 Å². The van der Waals surface area contributed by atoms with Crippen LogP contribution in [0.15, 0.2) is 61.2 Å². The largest absolute Gasteiger partial charge is 0.457 e. The van der Waals surface area contributed by atoms with Crippen molar-refractivity contribution < 1.29 is 23.4 Å². The molecule has 1 aliphatic rings. The van der Waals surface area contributed by atoms with Crippen molar-refractivity contribution in [1.82, 2.24) is 24.5 Å². The quantitative estimate of drug-likeness (QED) is 0.233. The van der Waals surface area contributed by atoms with Crippen LogP contribution in [0.4, 0.5) is 20.4 Å². The molecule has 9 nitrogen and oxygen atoms in total. The Balaban J connectivity index is 1.22. The van der Waals surface area contributed by atoms with Gasteiger partial charge in [-0.05, 0) is 87.4 Å². The number of nitrogens with one attached hydrogen (secondary N) is 1. The van der Waals surface area contributed by atoms with Gasteiger partial charge in [-0.1, -0.05) is 0 Å². The number of anilines is 2. The highest BCUT2D eigenvalue weighted by Gasteiger charge is 2.39. The number of imidazole rings is 1. The summed E-state index contributed by atoms with van der Waals surface area (Å²) in [5.41, 5.74) is 1.56. The van der Waals surface area contributed by atoms with Crippen molar-refractivity contribution in [2.75, 3.05) is 5.32 Å². The molecule has 4 aromatic rings. The summed E-state index contributed by atoms with van der Waals surface area (Å²) >= 11 is 0. The zero-order chi connectivity index (χ0) is 29.9. The molecule has 4 heterocycles. The third-order valence-electron chi connectivity index (χ3n) is 7.96. The highest BCUT2D eigenvalue weighted by molar-refractivity contribution is 5.72. The Morgan fingerprint density at radius 1 is 1.10 bits per heavy atom. The van der Waals surface area contributed by atoms with E-state index in [1.807, 2.05) is 36.9 Å². The van der Waals surface area contributed by atoms with Crippen molar-refractivity contribution in [3.63, 3.8) is 0 Å². The van der Waals surface area contributed by atoms with Crippen LogP contribution in [0.25, 0.3) is 11.3 Å². The smallest absolute Gasteiger partial charge is 0.309 e. The van der Waals surface area contributed by atoms with Crippen LogP contribution < -0.4 is 5.32 Å². The molecule has 4 aromatic heterocycles. The standard InChI is InChI=1S/C31H34F2N6O3/c1-19-14-24(37-27(15-19)38-26-16-21(29(32)33)10-11-34-26)22-6-9-25(36-17-22)31(2,41)23-7-4-20(5-8-23)30(40)42-18-28-35-12-13-39(28)3/h6,9-17,20,23,29,41H,4-5,7-8,18H2,1-3H3,(H,34,37,38)/t20-,23-,31-/m1/s1. The first-order valence-electron chi connectivity index (χ1n) is 13.9. The highest BCUT2D eigenvalue weighted by Crippen LogP contribution is 2.41. The molecule has 220 valence electrons. The van der Waals surface area contributed by atoms with E-state index in [0.717, 1.165) is 11.1 Å². The summed E-state index contributed by atoms with van der Waals surface area (Å²) < 4.78 is 33.5. The molecular weight excluding hydrogens is 542 g/mol. The number of hydrogen-bond donors (Lipinski definition) is 2. The molecule has 0 spiro atoms. The summed E-state index contributed by atoms with van der Waals surface area (Å²) in [6, 6.07) is 9.93. The lowest BCUT2D eigenvalue weighted by Gasteiger charge is -2.37. The molecule has 1 saturated carbocycles. The van der Waals surface area contributed by atoms with Crippen LogP contribution in [0, 0.1) is 18.8 Å². The van der Waals surface area contributed by atoms with Crippen molar-refractivity contribution in [3.05, 3.63) is 83.8 Å². The Kier molecular flexibility index (Phi) is 8.58. The number of esters is 1. The lowest BCUT2D eigenvalue weighted by atomic mass is 9.73. The van der Waals surface area contributed by atoms with E-state index in [4.69, 9.17) is 4.74 Å². The van der Waals surface area contributed by atoms with Crippen LogP contribution in [-0.2, 0) is 28.8 Å². The van der Waals surface area contributed by atoms with Crippen LogP contribution in [0.2, 0.25) is 0 Å². The maximum Gasteiger partial charge on any atom is 0.309 e. The van der Waals surface area contributed by atoms with E-state index in [1.165, 1.54) is 18.3 Å². The Hall–Kier alpha value is -4.25. The fourth-order valence-corrected chi connectivity index (χ4v) is 5.40. The number of hydrogen-bond acceptors (Lipinski definition) is 8. The summed E-state index contributed by atoms with van der Waals surface area (Å²) in [6.45, 7) is 3.83. The predicted molar refractivity (Wildman–Crippen MR) is 153 cm³/mol. The van der Waals surface area contributed by atoms with Crippen LogP contribution >= 0.6 is 0 Å². The van der Waals surface area contributed by atoms with E-state index >= 15 is 0 Å². The van der Waals surface area contributed by atoms with Gasteiger partial charge in [-0.15, -0.1) is 0 Å². The first kappa shape index (κ1) is 29.2. The molecule has 0 saturated heterocycles. The molecule has 5 rings (SSSR count). The molecule has 0 radical (unpaired) electrons. The van der Waals surface area contributed by atoms with E-state index in [0.29, 0.717) is 48.7 Å². The molecule has 2 N–H and O–H groups in total. The van der Waals surface area contributed by atoms with Gasteiger partial charge in [-0.2, -0.15) is 0 Å². The average molecular weight is 577 g/mol. The lowest BCUT2D eigenvalue weighted by molar-refractivity contribution is -0.152. The van der Waals surface area contributed by atoms with Gasteiger partial charge in [0.1, 0.15) is 29.7 Å². The second-order valence-corrected chi connectivity index (χ2v) is 11.0. The zero-order valence-corrected chi connectivity index (χ0v) is 23.8. The second-order valence-electron chi connectivity index (χ2n) is 11.0. The summed E-state index contributed by atoms with van der Waals surface area (Å²) in [4.78, 5) is 30.1. The van der Waals surface area contributed by atoms with E-state index in [-0.39, 0.29) is 35.8 Å². The van der Waals surface area contributed by atoms with Gasteiger partial charge in [-0.3, -0.25) is 9.78 Å². The minimum atomic E-state index is -2.59. The Labute approximate surface area is 243 Å². The van der Waals surface area contributed by atoms with Crippen molar-refractivity contribution in [2.24, 2.45) is 18.9 Å². The number of alkyl halides is 2. The molecule has 0 bridgehead atoms. The summed E-state index contributed by atoms with van der Waals surface area (Å²) in [5, 5.41) is 14.5. The topological polar surface area (TPSA) is 115 Å². The predicted octanol–water partition coefficient (Wildman–Crippen LogP) is 6.02. The van der Waals surface area contributed by atoms with Gasteiger partial charge in [0.15, 0.2) is 0 Å². The van der Waals surface area contributed by atoms with Gasteiger partial charge in [0, 0.05) is 43.0 Å². The number of pyridine rings is 3. The Morgan fingerprint density at radius 2 is 1.88 bits per heavy atom. The van der Waals surface area contributed by atoms with Gasteiger partial charge in [0.2, 0.25) is 0 Å². The van der Waals surface area contributed by atoms with Gasteiger partial charge >= 0.3 is 5.97 Å². The molecule has 1 fully saturated rings. The lowest BCUT2D eigenvalue weighted by Crippen LogP contribution is -2.37. The minimum absolute atomic E-state index is 0.0566. The number of carbonyl (C=O) groups is 1. The first-order chi connectivity index (χ1) is 20.1. The number of aromatic nitrogens is 5.